The Labute approximate surface area is 177 Å². The second-order valence-corrected chi connectivity index (χ2v) is 7.67. The van der Waals surface area contributed by atoms with Crippen LogP contribution in [0.4, 0.5) is 22.0 Å². The van der Waals surface area contributed by atoms with E-state index in [4.69, 9.17) is 4.74 Å². The van der Waals surface area contributed by atoms with Crippen molar-refractivity contribution in [3.05, 3.63) is 53.6 Å². The lowest BCUT2D eigenvalue weighted by Gasteiger charge is -2.31. The fourth-order valence-corrected chi connectivity index (χ4v) is 3.37. The van der Waals surface area contributed by atoms with Crippen molar-refractivity contribution in [3.63, 3.8) is 0 Å². The van der Waals surface area contributed by atoms with Crippen LogP contribution in [0.1, 0.15) is 48.5 Å². The summed E-state index contributed by atoms with van der Waals surface area (Å²) in [4.78, 5) is 13.9. The smallest absolute Gasteiger partial charge is 0.416 e. The molecule has 0 aromatic heterocycles. The number of rotatable bonds is 6. The summed E-state index contributed by atoms with van der Waals surface area (Å²) in [6.45, 7) is 2.22. The molecule has 2 aromatic rings. The number of nitrogens with zero attached hydrogens (tertiary/aromatic N) is 1. The second kappa shape index (κ2) is 9.24. The second-order valence-electron chi connectivity index (χ2n) is 7.67. The van der Waals surface area contributed by atoms with Crippen molar-refractivity contribution in [2.24, 2.45) is 0 Å². The molecule has 0 aliphatic carbocycles. The van der Waals surface area contributed by atoms with Gasteiger partial charge in [0.25, 0.3) is 11.8 Å². The van der Waals surface area contributed by atoms with Crippen molar-refractivity contribution in [2.75, 3.05) is 19.7 Å². The Morgan fingerprint density at radius 1 is 1.03 bits per heavy atom. The molecular formula is C23H24F5NO2. The van der Waals surface area contributed by atoms with E-state index in [0.717, 1.165) is 25.0 Å². The maximum Gasteiger partial charge on any atom is 0.416 e. The number of alkyl halides is 5. The Balaban J connectivity index is 1.81. The normalized spacial score (nSPS) is 16.3. The van der Waals surface area contributed by atoms with Gasteiger partial charge in [0, 0.05) is 31.5 Å². The fraction of sp³-hybridized carbons (Fsp3) is 0.435. The summed E-state index contributed by atoms with van der Waals surface area (Å²) in [5.41, 5.74) is 0.303. The summed E-state index contributed by atoms with van der Waals surface area (Å²) in [6, 6.07) is 9.66. The lowest BCUT2D eigenvalue weighted by molar-refractivity contribution is -0.137. The number of hydrogen-bond donors (Lipinski definition) is 0. The van der Waals surface area contributed by atoms with Crippen LogP contribution in [0.25, 0.3) is 11.1 Å². The van der Waals surface area contributed by atoms with Crippen LogP contribution in [0.5, 0.6) is 5.75 Å². The van der Waals surface area contributed by atoms with Gasteiger partial charge in [-0.1, -0.05) is 25.5 Å². The van der Waals surface area contributed by atoms with Gasteiger partial charge in [0.2, 0.25) is 0 Å². The number of likely N-dealkylation sites (tertiary alicyclic amines) is 1. The molecule has 0 N–H and O–H groups in total. The van der Waals surface area contributed by atoms with Gasteiger partial charge in [-0.25, -0.2) is 8.78 Å². The van der Waals surface area contributed by atoms with Crippen molar-refractivity contribution < 1.29 is 31.5 Å². The van der Waals surface area contributed by atoms with Gasteiger partial charge in [0.15, 0.2) is 0 Å². The lowest BCUT2D eigenvalue weighted by atomic mass is 10.00. The zero-order chi connectivity index (χ0) is 22.6. The molecule has 8 heteroatoms. The molecule has 0 bridgehead atoms. The van der Waals surface area contributed by atoms with Crippen LogP contribution in [0.15, 0.2) is 42.5 Å². The molecule has 3 rings (SSSR count). The van der Waals surface area contributed by atoms with Crippen LogP contribution in [0.3, 0.4) is 0 Å². The molecule has 0 spiro atoms. The Morgan fingerprint density at radius 2 is 1.68 bits per heavy atom. The SMILES string of the molecule is CCCCOc1cc(-c2ccc(C(=O)N3CCC(F)(F)CC3)cc2)cc(C(F)(F)F)c1. The number of carbonyl (C=O) groups is 1. The van der Waals surface area contributed by atoms with E-state index in [1.54, 1.807) is 12.1 Å². The van der Waals surface area contributed by atoms with Crippen molar-refractivity contribution in [1.29, 1.82) is 0 Å². The van der Waals surface area contributed by atoms with Crippen LogP contribution in [0, 0.1) is 0 Å². The summed E-state index contributed by atoms with van der Waals surface area (Å²) < 4.78 is 72.1. The largest absolute Gasteiger partial charge is 0.494 e. The molecule has 1 aliphatic rings. The molecule has 2 aromatic carbocycles. The Hall–Kier alpha value is -2.64. The van der Waals surface area contributed by atoms with E-state index in [1.165, 1.54) is 23.1 Å². The number of halogens is 5. The van der Waals surface area contributed by atoms with Gasteiger partial charge < -0.3 is 9.64 Å². The Bertz CT molecular complexity index is 899. The average molecular weight is 441 g/mol. The predicted octanol–water partition coefficient (Wildman–Crippen LogP) is 6.42. The van der Waals surface area contributed by atoms with E-state index in [-0.39, 0.29) is 37.6 Å². The van der Waals surface area contributed by atoms with Gasteiger partial charge in [-0.3, -0.25) is 4.79 Å². The van der Waals surface area contributed by atoms with Crippen molar-refractivity contribution in [3.8, 4) is 16.9 Å². The standard InChI is InChI=1S/C23H24F5NO2/c1-2-3-12-31-20-14-18(13-19(15-20)23(26,27)28)16-4-6-17(7-5-16)21(30)29-10-8-22(24,25)9-11-29/h4-7,13-15H,2-3,8-12H2,1H3. The number of piperidine rings is 1. The van der Waals surface area contributed by atoms with Gasteiger partial charge in [0.05, 0.1) is 12.2 Å². The summed E-state index contributed by atoms with van der Waals surface area (Å²) >= 11 is 0. The third-order valence-corrected chi connectivity index (χ3v) is 5.25. The summed E-state index contributed by atoms with van der Waals surface area (Å²) in [5.74, 6) is -2.98. The highest BCUT2D eigenvalue weighted by Gasteiger charge is 2.36. The zero-order valence-corrected chi connectivity index (χ0v) is 17.1. The minimum absolute atomic E-state index is 0.0281. The first-order valence-corrected chi connectivity index (χ1v) is 10.2. The van der Waals surface area contributed by atoms with Crippen molar-refractivity contribution >= 4 is 5.91 Å². The number of amides is 1. The quantitative estimate of drug-likeness (QED) is 0.382. The van der Waals surface area contributed by atoms with E-state index in [2.05, 4.69) is 0 Å². The highest BCUT2D eigenvalue weighted by molar-refractivity contribution is 5.94. The first-order chi connectivity index (χ1) is 14.6. The maximum absolute atomic E-state index is 13.3. The monoisotopic (exact) mass is 441 g/mol. The van der Waals surface area contributed by atoms with E-state index >= 15 is 0 Å². The number of ether oxygens (including phenoxy) is 1. The topological polar surface area (TPSA) is 29.5 Å². The molecule has 1 heterocycles. The van der Waals surface area contributed by atoms with Crippen LogP contribution in [-0.4, -0.2) is 36.4 Å². The van der Waals surface area contributed by atoms with E-state index in [1.807, 2.05) is 6.92 Å². The summed E-state index contributed by atoms with van der Waals surface area (Å²) in [7, 11) is 0. The molecular weight excluding hydrogens is 417 g/mol. The first-order valence-electron chi connectivity index (χ1n) is 10.2. The molecule has 0 saturated carbocycles. The van der Waals surface area contributed by atoms with Crippen LogP contribution < -0.4 is 4.74 Å². The molecule has 1 amide bonds. The molecule has 0 atom stereocenters. The predicted molar refractivity (Wildman–Crippen MR) is 107 cm³/mol. The molecule has 0 radical (unpaired) electrons. The third kappa shape index (κ3) is 5.95. The summed E-state index contributed by atoms with van der Waals surface area (Å²) in [6.07, 6.45) is -3.68. The van der Waals surface area contributed by atoms with Crippen LogP contribution in [-0.2, 0) is 6.18 Å². The van der Waals surface area contributed by atoms with Gasteiger partial charge in [-0.15, -0.1) is 0 Å². The minimum Gasteiger partial charge on any atom is -0.494 e. The zero-order valence-electron chi connectivity index (χ0n) is 17.1. The molecule has 1 saturated heterocycles. The lowest BCUT2D eigenvalue weighted by Crippen LogP contribution is -2.42. The highest BCUT2D eigenvalue weighted by atomic mass is 19.4. The molecule has 3 nitrogen and oxygen atoms in total. The number of carbonyl (C=O) groups excluding carboxylic acids is 1. The highest BCUT2D eigenvalue weighted by Crippen LogP contribution is 2.36. The summed E-state index contributed by atoms with van der Waals surface area (Å²) in [5, 5.41) is 0. The molecule has 1 aliphatic heterocycles. The van der Waals surface area contributed by atoms with Crippen LogP contribution >= 0.6 is 0 Å². The molecule has 0 unspecified atom stereocenters. The Morgan fingerprint density at radius 3 is 2.26 bits per heavy atom. The Kier molecular flexibility index (Phi) is 6.86. The molecule has 168 valence electrons. The number of benzene rings is 2. The minimum atomic E-state index is -4.52. The first kappa shape index (κ1) is 23.0. The fourth-order valence-electron chi connectivity index (χ4n) is 3.37. The van der Waals surface area contributed by atoms with Gasteiger partial charge >= 0.3 is 6.18 Å². The van der Waals surface area contributed by atoms with Gasteiger partial charge in [0.1, 0.15) is 5.75 Å². The molecule has 1 fully saturated rings. The van der Waals surface area contributed by atoms with E-state index in [0.29, 0.717) is 23.3 Å². The molecule has 31 heavy (non-hydrogen) atoms. The van der Waals surface area contributed by atoms with Crippen molar-refractivity contribution in [2.45, 2.75) is 44.7 Å². The van der Waals surface area contributed by atoms with Gasteiger partial charge in [-0.2, -0.15) is 13.2 Å². The van der Waals surface area contributed by atoms with Gasteiger partial charge in [-0.05, 0) is 47.9 Å². The van der Waals surface area contributed by atoms with Crippen molar-refractivity contribution in [1.82, 2.24) is 4.90 Å². The number of unbranched alkanes of at least 4 members (excludes halogenated alkanes) is 1. The third-order valence-electron chi connectivity index (χ3n) is 5.25. The maximum atomic E-state index is 13.3. The average Bonchev–Trinajstić information content (AvgIpc) is 2.73. The van der Waals surface area contributed by atoms with Crippen LogP contribution in [0.2, 0.25) is 0 Å². The number of hydrogen-bond acceptors (Lipinski definition) is 2. The van der Waals surface area contributed by atoms with E-state index < -0.39 is 17.7 Å². The van der Waals surface area contributed by atoms with E-state index in [9.17, 15) is 26.7 Å².